The Kier molecular flexibility index (Phi) is 4.68. The van der Waals surface area contributed by atoms with E-state index in [0.29, 0.717) is 10.4 Å². The van der Waals surface area contributed by atoms with Crippen molar-refractivity contribution in [2.24, 2.45) is 0 Å². The highest BCUT2D eigenvalue weighted by Crippen LogP contribution is 2.29. The first-order chi connectivity index (χ1) is 12.8. The molecule has 0 saturated carbocycles. The average molecular weight is 374 g/mol. The summed E-state index contributed by atoms with van der Waals surface area (Å²) in [4.78, 5) is 12.3. The van der Waals surface area contributed by atoms with Gasteiger partial charge >= 0.3 is 6.18 Å². The molecule has 1 aromatic carbocycles. The average Bonchev–Trinajstić information content (AvgIpc) is 3.18. The van der Waals surface area contributed by atoms with Crippen LogP contribution in [0.2, 0.25) is 0 Å². The normalized spacial score (nSPS) is 11.2. The van der Waals surface area contributed by atoms with Crippen molar-refractivity contribution in [1.82, 2.24) is 19.6 Å². The molecule has 0 saturated heterocycles. The highest BCUT2D eigenvalue weighted by Gasteiger charge is 2.35. The van der Waals surface area contributed by atoms with Crippen molar-refractivity contribution < 1.29 is 18.0 Å². The zero-order chi connectivity index (χ0) is 19.6. The number of nitriles is 1. The number of rotatable bonds is 4. The van der Waals surface area contributed by atoms with Crippen LogP contribution in [-0.4, -0.2) is 25.5 Å². The van der Waals surface area contributed by atoms with E-state index < -0.39 is 24.3 Å². The Morgan fingerprint density at radius 3 is 2.63 bits per heavy atom. The largest absolute Gasteiger partial charge is 0.433 e. The molecule has 0 unspecified atom stereocenters. The minimum Gasteiger partial charge on any atom is -0.308 e. The van der Waals surface area contributed by atoms with Gasteiger partial charge in [-0.05, 0) is 25.1 Å². The van der Waals surface area contributed by atoms with Crippen molar-refractivity contribution in [2.45, 2.75) is 19.6 Å². The van der Waals surface area contributed by atoms with E-state index in [4.69, 9.17) is 0 Å². The Hall–Kier alpha value is -3.61. The van der Waals surface area contributed by atoms with Crippen LogP contribution in [0, 0.1) is 18.3 Å². The minimum atomic E-state index is -4.63. The SMILES string of the molecule is Cc1cc(C(F)(F)F)n(CC(=O)Nc2c(C#N)cnn2-c2ccccc2)n1. The van der Waals surface area contributed by atoms with Gasteiger partial charge in [0.2, 0.25) is 5.91 Å². The minimum absolute atomic E-state index is 0.0751. The maximum absolute atomic E-state index is 13.0. The van der Waals surface area contributed by atoms with Crippen molar-refractivity contribution in [1.29, 1.82) is 5.26 Å². The number of nitrogens with zero attached hydrogens (tertiary/aromatic N) is 5. The molecule has 3 aromatic rings. The van der Waals surface area contributed by atoms with Gasteiger partial charge in [0.05, 0.1) is 17.6 Å². The number of hydrogen-bond donors (Lipinski definition) is 1. The number of carbonyl (C=O) groups excluding carboxylic acids is 1. The second kappa shape index (κ2) is 6.95. The van der Waals surface area contributed by atoms with Gasteiger partial charge in [-0.3, -0.25) is 9.48 Å². The first-order valence-corrected chi connectivity index (χ1v) is 7.74. The highest BCUT2D eigenvalue weighted by molar-refractivity contribution is 5.91. The molecule has 138 valence electrons. The molecule has 3 rings (SSSR count). The van der Waals surface area contributed by atoms with Crippen LogP contribution in [0.1, 0.15) is 17.0 Å². The Morgan fingerprint density at radius 2 is 2.00 bits per heavy atom. The fourth-order valence-electron chi connectivity index (χ4n) is 2.52. The summed E-state index contributed by atoms with van der Waals surface area (Å²) in [7, 11) is 0. The van der Waals surface area contributed by atoms with Crippen LogP contribution in [-0.2, 0) is 17.5 Å². The number of halogens is 3. The van der Waals surface area contributed by atoms with Crippen molar-refractivity contribution >= 4 is 11.7 Å². The molecule has 2 heterocycles. The van der Waals surface area contributed by atoms with Gasteiger partial charge in [0.1, 0.15) is 23.9 Å². The number of aromatic nitrogens is 4. The van der Waals surface area contributed by atoms with Gasteiger partial charge in [-0.1, -0.05) is 18.2 Å². The molecule has 0 aliphatic rings. The molecular weight excluding hydrogens is 361 g/mol. The van der Waals surface area contributed by atoms with Crippen molar-refractivity contribution in [3.63, 3.8) is 0 Å². The molecule has 0 spiro atoms. The summed E-state index contributed by atoms with van der Waals surface area (Å²) in [5, 5.41) is 19.4. The fourth-order valence-corrected chi connectivity index (χ4v) is 2.52. The van der Waals surface area contributed by atoms with Crippen LogP contribution in [0.15, 0.2) is 42.6 Å². The van der Waals surface area contributed by atoms with Crippen molar-refractivity contribution in [3.8, 4) is 11.8 Å². The van der Waals surface area contributed by atoms with Gasteiger partial charge in [-0.15, -0.1) is 0 Å². The van der Waals surface area contributed by atoms with E-state index in [0.717, 1.165) is 6.07 Å². The Morgan fingerprint density at radius 1 is 1.30 bits per heavy atom. The summed E-state index contributed by atoms with van der Waals surface area (Å²) < 4.78 is 41.0. The highest BCUT2D eigenvalue weighted by atomic mass is 19.4. The number of alkyl halides is 3. The van der Waals surface area contributed by atoms with E-state index in [1.807, 2.05) is 6.07 Å². The van der Waals surface area contributed by atoms with Crippen LogP contribution in [0.4, 0.5) is 19.0 Å². The van der Waals surface area contributed by atoms with Gasteiger partial charge in [0, 0.05) is 0 Å². The van der Waals surface area contributed by atoms with Gasteiger partial charge in [-0.2, -0.15) is 28.6 Å². The van der Waals surface area contributed by atoms with Crippen molar-refractivity contribution in [3.05, 3.63) is 59.5 Å². The monoisotopic (exact) mass is 374 g/mol. The first-order valence-electron chi connectivity index (χ1n) is 7.74. The number of amides is 1. The zero-order valence-corrected chi connectivity index (χ0v) is 14.0. The van der Waals surface area contributed by atoms with E-state index >= 15 is 0 Å². The molecule has 10 heteroatoms. The van der Waals surface area contributed by atoms with Gasteiger partial charge in [-0.25, -0.2) is 4.68 Å². The molecule has 0 aliphatic heterocycles. The summed E-state index contributed by atoms with van der Waals surface area (Å²) in [5.41, 5.74) is -0.213. The number of anilines is 1. The topological polar surface area (TPSA) is 88.5 Å². The smallest absolute Gasteiger partial charge is 0.308 e. The molecule has 1 N–H and O–H groups in total. The van der Waals surface area contributed by atoms with E-state index in [1.165, 1.54) is 17.8 Å². The third-order valence-electron chi connectivity index (χ3n) is 3.63. The lowest BCUT2D eigenvalue weighted by atomic mass is 10.3. The molecule has 1 amide bonds. The van der Waals surface area contributed by atoms with Crippen LogP contribution in [0.3, 0.4) is 0 Å². The molecule has 27 heavy (non-hydrogen) atoms. The van der Waals surface area contributed by atoms with E-state index in [1.54, 1.807) is 30.3 Å². The number of para-hydroxylation sites is 1. The third-order valence-corrected chi connectivity index (χ3v) is 3.63. The zero-order valence-electron chi connectivity index (χ0n) is 14.0. The van der Waals surface area contributed by atoms with Gasteiger partial charge in [0.15, 0.2) is 5.82 Å². The first kappa shape index (κ1) is 18.2. The van der Waals surface area contributed by atoms with Crippen LogP contribution in [0.25, 0.3) is 5.69 Å². The summed E-state index contributed by atoms with van der Waals surface area (Å²) in [5.74, 6) is -0.691. The second-order valence-electron chi connectivity index (χ2n) is 5.64. The fraction of sp³-hybridized carbons (Fsp3) is 0.176. The number of hydrogen-bond acceptors (Lipinski definition) is 4. The molecule has 0 radical (unpaired) electrons. The predicted octanol–water partition coefficient (Wildman–Crippen LogP) is 2.91. The van der Waals surface area contributed by atoms with E-state index in [9.17, 15) is 23.2 Å². The van der Waals surface area contributed by atoms with Crippen molar-refractivity contribution in [2.75, 3.05) is 5.32 Å². The van der Waals surface area contributed by atoms with Gasteiger partial charge in [0.25, 0.3) is 0 Å². The molecular formula is C17H13F3N6O. The van der Waals surface area contributed by atoms with Gasteiger partial charge < -0.3 is 5.32 Å². The van der Waals surface area contributed by atoms with Crippen LogP contribution in [0.5, 0.6) is 0 Å². The molecule has 2 aromatic heterocycles. The maximum atomic E-state index is 13.0. The van der Waals surface area contributed by atoms with Crippen LogP contribution < -0.4 is 5.32 Å². The molecule has 0 bridgehead atoms. The number of carbonyl (C=O) groups is 1. The predicted molar refractivity (Wildman–Crippen MR) is 88.9 cm³/mol. The van der Waals surface area contributed by atoms with E-state index in [-0.39, 0.29) is 17.1 Å². The summed E-state index contributed by atoms with van der Waals surface area (Å²) in [6.07, 6.45) is -3.37. The Bertz CT molecular complexity index is 1010. The molecule has 0 atom stereocenters. The second-order valence-corrected chi connectivity index (χ2v) is 5.64. The summed E-state index contributed by atoms with van der Waals surface area (Å²) >= 11 is 0. The van der Waals surface area contributed by atoms with Crippen LogP contribution >= 0.6 is 0 Å². The molecule has 0 fully saturated rings. The lowest BCUT2D eigenvalue weighted by Gasteiger charge is -2.12. The summed E-state index contributed by atoms with van der Waals surface area (Å²) in [6, 6.07) is 11.5. The Balaban J connectivity index is 1.88. The number of aryl methyl sites for hydroxylation is 1. The standard InChI is InChI=1S/C17H13F3N6O/c1-11-7-14(17(18,19)20)25(24-11)10-15(27)23-16-12(8-21)9-22-26(16)13-5-3-2-4-6-13/h2-7,9H,10H2,1H3,(H,23,27). The number of benzene rings is 1. The lowest BCUT2D eigenvalue weighted by Crippen LogP contribution is -2.25. The number of nitrogens with one attached hydrogen (secondary N) is 1. The lowest BCUT2D eigenvalue weighted by molar-refractivity contribution is -0.144. The molecule has 0 aliphatic carbocycles. The van der Waals surface area contributed by atoms with E-state index in [2.05, 4.69) is 15.5 Å². The third kappa shape index (κ3) is 3.82. The maximum Gasteiger partial charge on any atom is 0.433 e. The summed E-state index contributed by atoms with van der Waals surface area (Å²) in [6.45, 7) is 0.745. The molecule has 7 nitrogen and oxygen atoms in total. The quantitative estimate of drug-likeness (QED) is 0.761. The Labute approximate surface area is 151 Å².